The molecule has 2 N–H and O–H groups in total. The summed E-state index contributed by atoms with van der Waals surface area (Å²) in [5.74, 6) is -0.378. The molecule has 0 unspecified atom stereocenters. The van der Waals surface area contributed by atoms with Crippen LogP contribution in [-0.4, -0.2) is 17.6 Å². The number of benzene rings is 2. The molecule has 2 aromatic rings. The molecule has 0 saturated carbocycles. The molecule has 0 atom stereocenters. The van der Waals surface area contributed by atoms with Crippen molar-refractivity contribution < 1.29 is 23.4 Å². The van der Waals surface area contributed by atoms with Crippen molar-refractivity contribution in [1.82, 2.24) is 5.32 Å². The number of carbonyl (C=O) groups excluding carboxylic acids is 1. The second-order valence-electron chi connectivity index (χ2n) is 4.89. The van der Waals surface area contributed by atoms with Gasteiger partial charge in [-0.1, -0.05) is 42.5 Å². The van der Waals surface area contributed by atoms with Crippen LogP contribution in [0.15, 0.2) is 54.6 Å². The Balaban J connectivity index is 1.98. The summed E-state index contributed by atoms with van der Waals surface area (Å²) >= 11 is 0. The molecule has 6 heteroatoms. The lowest BCUT2D eigenvalue weighted by atomic mass is 10.1. The maximum atomic E-state index is 12.3. The Kier molecular flexibility index (Phi) is 6.45. The van der Waals surface area contributed by atoms with Gasteiger partial charge in [0.05, 0.1) is 6.61 Å². The molecule has 4 nitrogen and oxygen atoms in total. The van der Waals surface area contributed by atoms with Gasteiger partial charge < -0.3 is 15.2 Å². The van der Waals surface area contributed by atoms with E-state index in [2.05, 4.69) is 10.1 Å². The molecular formula is C18H17F2NO3. The number of ether oxygens (including phenoxy) is 1. The molecule has 0 fully saturated rings. The number of aliphatic hydroxyl groups is 1. The number of hydrogen-bond donors (Lipinski definition) is 2. The molecule has 0 radical (unpaired) electrons. The van der Waals surface area contributed by atoms with Crippen LogP contribution in [-0.2, 0) is 17.9 Å². The lowest BCUT2D eigenvalue weighted by Gasteiger charge is -2.08. The molecule has 1 amide bonds. The van der Waals surface area contributed by atoms with E-state index in [1.54, 1.807) is 36.4 Å². The summed E-state index contributed by atoms with van der Waals surface area (Å²) in [5.41, 5.74) is 1.92. The van der Waals surface area contributed by atoms with Gasteiger partial charge in [-0.25, -0.2) is 0 Å². The van der Waals surface area contributed by atoms with Crippen molar-refractivity contribution in [3.8, 4) is 5.75 Å². The van der Waals surface area contributed by atoms with E-state index in [9.17, 15) is 18.7 Å². The van der Waals surface area contributed by atoms with Gasteiger partial charge in [0.2, 0.25) is 5.91 Å². The standard InChI is InChI=1S/C18H17F2NO3/c19-18(20)24-16-8-4-3-5-13(16)9-10-17(23)21-11-14-6-1-2-7-15(14)12-22/h1-10,18,22H,11-12H2,(H,21,23)/b10-9+. The quantitative estimate of drug-likeness (QED) is 0.766. The molecule has 24 heavy (non-hydrogen) atoms. The van der Waals surface area contributed by atoms with Gasteiger partial charge in [0.1, 0.15) is 5.75 Å². The third-order valence-electron chi connectivity index (χ3n) is 3.29. The normalized spacial score (nSPS) is 11.0. The predicted octanol–water partition coefficient (Wildman–Crippen LogP) is 3.11. The Morgan fingerprint density at radius 3 is 2.50 bits per heavy atom. The largest absolute Gasteiger partial charge is 0.434 e. The van der Waals surface area contributed by atoms with Crippen LogP contribution in [0.5, 0.6) is 5.75 Å². The van der Waals surface area contributed by atoms with Crippen LogP contribution in [0.3, 0.4) is 0 Å². The van der Waals surface area contributed by atoms with E-state index < -0.39 is 6.61 Å². The minimum absolute atomic E-state index is 0.00201. The van der Waals surface area contributed by atoms with E-state index in [0.717, 1.165) is 11.1 Å². The first-order valence-electron chi connectivity index (χ1n) is 7.27. The molecule has 0 spiro atoms. The monoisotopic (exact) mass is 333 g/mol. The van der Waals surface area contributed by atoms with Crippen molar-refractivity contribution in [3.05, 3.63) is 71.3 Å². The second kappa shape index (κ2) is 8.79. The van der Waals surface area contributed by atoms with Crippen LogP contribution in [0.25, 0.3) is 6.08 Å². The molecule has 2 rings (SSSR count). The summed E-state index contributed by atoms with van der Waals surface area (Å²) in [5, 5.41) is 11.9. The van der Waals surface area contributed by atoms with Gasteiger partial charge in [-0.15, -0.1) is 0 Å². The minimum Gasteiger partial charge on any atom is -0.434 e. The maximum absolute atomic E-state index is 12.3. The summed E-state index contributed by atoms with van der Waals surface area (Å²) in [6.07, 6.45) is 2.65. The Morgan fingerprint density at radius 2 is 1.79 bits per heavy atom. The van der Waals surface area contributed by atoms with Crippen LogP contribution >= 0.6 is 0 Å². The summed E-state index contributed by atoms with van der Waals surface area (Å²) in [4.78, 5) is 11.9. The third kappa shape index (κ3) is 5.17. The number of rotatable bonds is 7. The third-order valence-corrected chi connectivity index (χ3v) is 3.29. The van der Waals surface area contributed by atoms with Crippen molar-refractivity contribution in [2.24, 2.45) is 0 Å². The topological polar surface area (TPSA) is 58.6 Å². The van der Waals surface area contributed by atoms with Gasteiger partial charge in [0.25, 0.3) is 0 Å². The van der Waals surface area contributed by atoms with Gasteiger partial charge in [0.15, 0.2) is 0 Å². The molecule has 0 saturated heterocycles. The Labute approximate surface area is 138 Å². The molecule has 0 aliphatic heterocycles. The molecule has 126 valence electrons. The zero-order chi connectivity index (χ0) is 17.4. The predicted molar refractivity (Wildman–Crippen MR) is 86.3 cm³/mol. The summed E-state index contributed by atoms with van der Waals surface area (Å²) < 4.78 is 29.1. The van der Waals surface area contributed by atoms with Crippen molar-refractivity contribution in [1.29, 1.82) is 0 Å². The van der Waals surface area contributed by atoms with Gasteiger partial charge in [-0.2, -0.15) is 8.78 Å². The molecular weight excluding hydrogens is 316 g/mol. The van der Waals surface area contributed by atoms with Crippen LogP contribution in [0.2, 0.25) is 0 Å². The van der Waals surface area contributed by atoms with Crippen LogP contribution < -0.4 is 10.1 Å². The molecule has 2 aromatic carbocycles. The number of para-hydroxylation sites is 1. The Hall–Kier alpha value is -2.73. The van der Waals surface area contributed by atoms with Crippen molar-refractivity contribution in [2.75, 3.05) is 0 Å². The molecule has 0 aromatic heterocycles. The minimum atomic E-state index is -2.93. The summed E-state index contributed by atoms with van der Waals surface area (Å²) in [6.45, 7) is -2.78. The highest BCUT2D eigenvalue weighted by molar-refractivity contribution is 5.92. The van der Waals surface area contributed by atoms with Gasteiger partial charge in [-0.3, -0.25) is 4.79 Å². The van der Waals surface area contributed by atoms with Crippen LogP contribution in [0.1, 0.15) is 16.7 Å². The lowest BCUT2D eigenvalue weighted by Crippen LogP contribution is -2.21. The maximum Gasteiger partial charge on any atom is 0.387 e. The number of hydrogen-bond acceptors (Lipinski definition) is 3. The second-order valence-corrected chi connectivity index (χ2v) is 4.89. The highest BCUT2D eigenvalue weighted by atomic mass is 19.3. The Morgan fingerprint density at radius 1 is 1.12 bits per heavy atom. The average molecular weight is 333 g/mol. The van der Waals surface area contributed by atoms with Crippen LogP contribution in [0.4, 0.5) is 8.78 Å². The Bertz CT molecular complexity index is 717. The average Bonchev–Trinajstić information content (AvgIpc) is 2.59. The summed E-state index contributed by atoms with van der Waals surface area (Å²) in [7, 11) is 0. The van der Waals surface area contributed by atoms with Crippen LogP contribution in [0, 0.1) is 0 Å². The van der Waals surface area contributed by atoms with E-state index in [0.29, 0.717) is 5.56 Å². The van der Waals surface area contributed by atoms with Crippen molar-refractivity contribution in [2.45, 2.75) is 19.8 Å². The number of halogens is 2. The van der Waals surface area contributed by atoms with Crippen molar-refractivity contribution in [3.63, 3.8) is 0 Å². The smallest absolute Gasteiger partial charge is 0.387 e. The molecule has 0 heterocycles. The lowest BCUT2D eigenvalue weighted by molar-refractivity contribution is -0.116. The zero-order valence-corrected chi connectivity index (χ0v) is 12.8. The fourth-order valence-electron chi connectivity index (χ4n) is 2.11. The van der Waals surface area contributed by atoms with Crippen molar-refractivity contribution >= 4 is 12.0 Å². The number of aliphatic hydroxyl groups excluding tert-OH is 1. The fraction of sp³-hybridized carbons (Fsp3) is 0.167. The van der Waals surface area contributed by atoms with E-state index in [1.807, 2.05) is 6.07 Å². The van der Waals surface area contributed by atoms with Gasteiger partial charge in [0, 0.05) is 18.2 Å². The van der Waals surface area contributed by atoms with Gasteiger partial charge >= 0.3 is 6.61 Å². The highest BCUT2D eigenvalue weighted by Gasteiger charge is 2.07. The number of amides is 1. The fourth-order valence-corrected chi connectivity index (χ4v) is 2.11. The summed E-state index contributed by atoms with van der Waals surface area (Å²) in [6, 6.07) is 13.4. The van der Waals surface area contributed by atoms with Gasteiger partial charge in [-0.05, 0) is 23.3 Å². The molecule has 0 aliphatic rings. The first-order valence-corrected chi connectivity index (χ1v) is 7.27. The zero-order valence-electron chi connectivity index (χ0n) is 12.8. The number of nitrogens with one attached hydrogen (secondary N) is 1. The number of carbonyl (C=O) groups is 1. The first-order chi connectivity index (χ1) is 11.6. The van der Waals surface area contributed by atoms with E-state index in [4.69, 9.17) is 0 Å². The van der Waals surface area contributed by atoms with E-state index in [-0.39, 0.29) is 24.8 Å². The molecule has 0 aliphatic carbocycles. The van der Waals surface area contributed by atoms with E-state index >= 15 is 0 Å². The SMILES string of the molecule is O=C(/C=C/c1ccccc1OC(F)F)NCc1ccccc1CO. The van der Waals surface area contributed by atoms with E-state index in [1.165, 1.54) is 18.2 Å². The highest BCUT2D eigenvalue weighted by Crippen LogP contribution is 2.21. The molecule has 0 bridgehead atoms. The first kappa shape index (κ1) is 17.6. The number of alkyl halides is 2.